The summed E-state index contributed by atoms with van der Waals surface area (Å²) in [6.45, 7) is 5.82. The minimum atomic E-state index is -3.49. The number of nitrogens with one attached hydrogen (secondary N) is 2. The number of morpholine rings is 1. The molecule has 0 aromatic heterocycles. The third-order valence-electron chi connectivity index (χ3n) is 4.41. The summed E-state index contributed by atoms with van der Waals surface area (Å²) in [6.07, 6.45) is 0.825. The maximum absolute atomic E-state index is 12.6. The van der Waals surface area contributed by atoms with Gasteiger partial charge < -0.3 is 10.1 Å². The molecule has 0 amide bonds. The lowest BCUT2D eigenvalue weighted by atomic mass is 9.95. The van der Waals surface area contributed by atoms with E-state index in [9.17, 15) is 8.42 Å². The molecule has 0 aliphatic carbocycles. The van der Waals surface area contributed by atoms with Crippen LogP contribution in [0.2, 0.25) is 0 Å². The molecule has 6 nitrogen and oxygen atoms in total. The first-order chi connectivity index (χ1) is 11.0. The number of ether oxygens (including phenoxy) is 1. The van der Waals surface area contributed by atoms with Gasteiger partial charge in [-0.2, -0.15) is 12.7 Å². The fraction of sp³-hybridized carbons (Fsp3) is 0.625. The molecule has 0 saturated carbocycles. The molecule has 0 bridgehead atoms. The predicted molar refractivity (Wildman–Crippen MR) is 89.4 cm³/mol. The molecule has 2 heterocycles. The van der Waals surface area contributed by atoms with Crippen molar-refractivity contribution in [2.45, 2.75) is 38.5 Å². The molecule has 3 atom stereocenters. The van der Waals surface area contributed by atoms with E-state index in [1.807, 2.05) is 26.0 Å². The molecule has 1 fully saturated rings. The summed E-state index contributed by atoms with van der Waals surface area (Å²) < 4.78 is 35.0. The first-order valence-corrected chi connectivity index (χ1v) is 9.61. The molecule has 2 aliphatic rings. The first-order valence-electron chi connectivity index (χ1n) is 8.17. The zero-order valence-corrected chi connectivity index (χ0v) is 14.5. The molecular formula is C16H25N3O3S. The monoisotopic (exact) mass is 339 g/mol. The van der Waals surface area contributed by atoms with Gasteiger partial charge >= 0.3 is 0 Å². The number of benzene rings is 1. The minimum absolute atomic E-state index is 0.0191. The van der Waals surface area contributed by atoms with E-state index in [1.165, 1.54) is 15.4 Å². The Hall–Kier alpha value is -0.990. The average Bonchev–Trinajstić information content (AvgIpc) is 2.52. The molecule has 3 rings (SSSR count). The molecule has 23 heavy (non-hydrogen) atoms. The van der Waals surface area contributed by atoms with Crippen molar-refractivity contribution in [3.63, 3.8) is 0 Å². The molecule has 0 spiro atoms. The molecule has 1 aromatic rings. The van der Waals surface area contributed by atoms with Crippen LogP contribution in [-0.4, -0.2) is 51.1 Å². The van der Waals surface area contributed by atoms with Gasteiger partial charge in [0.25, 0.3) is 10.2 Å². The number of hydrogen-bond donors (Lipinski definition) is 2. The van der Waals surface area contributed by atoms with Crippen LogP contribution in [0, 0.1) is 0 Å². The van der Waals surface area contributed by atoms with Gasteiger partial charge in [0.15, 0.2) is 0 Å². The Morgan fingerprint density at radius 3 is 2.70 bits per heavy atom. The van der Waals surface area contributed by atoms with Gasteiger partial charge in [0.05, 0.1) is 12.2 Å². The topological polar surface area (TPSA) is 70.7 Å². The van der Waals surface area contributed by atoms with E-state index in [2.05, 4.69) is 22.2 Å². The maximum atomic E-state index is 12.6. The molecular weight excluding hydrogens is 314 g/mol. The first kappa shape index (κ1) is 16.9. The van der Waals surface area contributed by atoms with Gasteiger partial charge in [-0.05, 0) is 37.9 Å². The second-order valence-corrected chi connectivity index (χ2v) is 8.14. The largest absolute Gasteiger partial charge is 0.373 e. The number of hydrogen-bond acceptors (Lipinski definition) is 4. The average molecular weight is 339 g/mol. The smallest absolute Gasteiger partial charge is 0.279 e. The molecule has 128 valence electrons. The van der Waals surface area contributed by atoms with Crippen LogP contribution in [0.4, 0.5) is 0 Å². The van der Waals surface area contributed by atoms with Crippen LogP contribution in [0.3, 0.4) is 0 Å². The second kappa shape index (κ2) is 6.86. The van der Waals surface area contributed by atoms with E-state index in [4.69, 9.17) is 4.74 Å². The van der Waals surface area contributed by atoms with Crippen LogP contribution < -0.4 is 10.0 Å². The quantitative estimate of drug-likeness (QED) is 0.852. The molecule has 1 saturated heterocycles. The Morgan fingerprint density at radius 2 is 1.96 bits per heavy atom. The van der Waals surface area contributed by atoms with E-state index in [0.717, 1.165) is 13.0 Å². The Kier molecular flexibility index (Phi) is 5.03. The molecule has 7 heteroatoms. The van der Waals surface area contributed by atoms with Crippen LogP contribution in [0.15, 0.2) is 24.3 Å². The van der Waals surface area contributed by atoms with E-state index in [1.54, 1.807) is 0 Å². The molecule has 0 radical (unpaired) electrons. The minimum Gasteiger partial charge on any atom is -0.373 e. The molecule has 1 aromatic carbocycles. The Balaban J connectivity index is 1.66. The Morgan fingerprint density at radius 1 is 1.26 bits per heavy atom. The van der Waals surface area contributed by atoms with Gasteiger partial charge in [-0.15, -0.1) is 0 Å². The lowest BCUT2D eigenvalue weighted by Gasteiger charge is -2.35. The third-order valence-corrected chi connectivity index (χ3v) is 5.92. The Labute approximate surface area is 138 Å². The van der Waals surface area contributed by atoms with Crippen LogP contribution in [0.5, 0.6) is 0 Å². The van der Waals surface area contributed by atoms with Crippen LogP contribution >= 0.6 is 0 Å². The van der Waals surface area contributed by atoms with Crippen LogP contribution in [0.1, 0.15) is 31.0 Å². The van der Waals surface area contributed by atoms with Crippen molar-refractivity contribution in [2.24, 2.45) is 0 Å². The highest BCUT2D eigenvalue weighted by Crippen LogP contribution is 2.22. The maximum Gasteiger partial charge on any atom is 0.279 e. The van der Waals surface area contributed by atoms with Gasteiger partial charge in [0, 0.05) is 25.7 Å². The van der Waals surface area contributed by atoms with Crippen LogP contribution in [-0.2, 0) is 21.4 Å². The van der Waals surface area contributed by atoms with Gasteiger partial charge in [-0.25, -0.2) is 4.72 Å². The summed E-state index contributed by atoms with van der Waals surface area (Å²) in [5, 5.41) is 3.40. The van der Waals surface area contributed by atoms with E-state index in [0.29, 0.717) is 19.6 Å². The number of rotatable bonds is 4. The van der Waals surface area contributed by atoms with Crippen molar-refractivity contribution in [1.82, 2.24) is 14.3 Å². The van der Waals surface area contributed by atoms with E-state index >= 15 is 0 Å². The normalized spacial score (nSPS) is 29.2. The Bertz CT molecular complexity index is 640. The van der Waals surface area contributed by atoms with Crippen molar-refractivity contribution >= 4 is 10.2 Å². The summed E-state index contributed by atoms with van der Waals surface area (Å²) in [6, 6.07) is 8.23. The van der Waals surface area contributed by atoms with Gasteiger partial charge in [0.2, 0.25) is 0 Å². The predicted octanol–water partition coefficient (Wildman–Crippen LogP) is 0.817. The standard InChI is InChI=1S/C16H25N3O3S/c1-12-10-19(11-13(2)22-12)23(20,21)18-9-16-15-6-4-3-5-14(15)7-8-17-16/h3-6,12-13,16-18H,7-11H2,1-2H3. The zero-order valence-electron chi connectivity index (χ0n) is 13.7. The highest BCUT2D eigenvalue weighted by Gasteiger charge is 2.31. The van der Waals surface area contributed by atoms with Crippen molar-refractivity contribution in [1.29, 1.82) is 0 Å². The zero-order chi connectivity index (χ0) is 16.4. The lowest BCUT2D eigenvalue weighted by molar-refractivity contribution is -0.0444. The highest BCUT2D eigenvalue weighted by atomic mass is 32.2. The van der Waals surface area contributed by atoms with Crippen molar-refractivity contribution < 1.29 is 13.2 Å². The van der Waals surface area contributed by atoms with Crippen LogP contribution in [0.25, 0.3) is 0 Å². The summed E-state index contributed by atoms with van der Waals surface area (Å²) in [5.74, 6) is 0. The van der Waals surface area contributed by atoms with Crippen molar-refractivity contribution in [2.75, 3.05) is 26.2 Å². The summed E-state index contributed by atoms with van der Waals surface area (Å²) in [4.78, 5) is 0. The molecule has 2 N–H and O–H groups in total. The SMILES string of the molecule is CC1CN(S(=O)(=O)NCC2NCCc3ccccc32)CC(C)O1. The summed E-state index contributed by atoms with van der Waals surface area (Å²) in [5.41, 5.74) is 2.48. The highest BCUT2D eigenvalue weighted by molar-refractivity contribution is 7.87. The van der Waals surface area contributed by atoms with E-state index in [-0.39, 0.29) is 18.2 Å². The number of nitrogens with zero attached hydrogens (tertiary/aromatic N) is 1. The van der Waals surface area contributed by atoms with Gasteiger partial charge in [0.1, 0.15) is 0 Å². The molecule has 2 aliphatic heterocycles. The number of fused-ring (bicyclic) bond motifs is 1. The van der Waals surface area contributed by atoms with Gasteiger partial charge in [-0.3, -0.25) is 0 Å². The van der Waals surface area contributed by atoms with E-state index < -0.39 is 10.2 Å². The summed E-state index contributed by atoms with van der Waals surface area (Å²) >= 11 is 0. The third kappa shape index (κ3) is 3.92. The molecule has 3 unspecified atom stereocenters. The lowest BCUT2D eigenvalue weighted by Crippen LogP contribution is -2.53. The van der Waals surface area contributed by atoms with Crippen molar-refractivity contribution in [3.05, 3.63) is 35.4 Å². The van der Waals surface area contributed by atoms with Gasteiger partial charge in [-0.1, -0.05) is 24.3 Å². The fourth-order valence-electron chi connectivity index (χ4n) is 3.38. The summed E-state index contributed by atoms with van der Waals surface area (Å²) in [7, 11) is -3.49. The van der Waals surface area contributed by atoms with Crippen molar-refractivity contribution in [3.8, 4) is 0 Å². The second-order valence-electron chi connectivity index (χ2n) is 6.38. The fourth-order valence-corrected chi connectivity index (χ4v) is 4.75.